The zero-order chi connectivity index (χ0) is 76.9. The van der Waals surface area contributed by atoms with Crippen LogP contribution in [0.2, 0.25) is 0 Å². The van der Waals surface area contributed by atoms with Crippen LogP contribution in [0.4, 0.5) is 5.69 Å². The number of aromatic nitrogens is 8. The van der Waals surface area contributed by atoms with Crippen LogP contribution in [-0.4, -0.2) is 38.2 Å². The molecule has 0 radical (unpaired) electrons. The Hall–Kier alpha value is -16.1. The normalized spacial score (nSPS) is 11.6. The monoisotopic (exact) mass is 1480 g/mol. The topological polar surface area (TPSA) is 99.4 Å². The van der Waals surface area contributed by atoms with E-state index < -0.39 is 0 Å². The van der Waals surface area contributed by atoms with Crippen molar-refractivity contribution in [2.45, 2.75) is 0 Å². The maximum Gasteiger partial charge on any atom is 0.188 e. The molecule has 6 aromatic heterocycles. The van der Waals surface area contributed by atoms with E-state index in [0.29, 0.717) is 22.9 Å². The van der Waals surface area contributed by atoms with Gasteiger partial charge in [-0.2, -0.15) is 5.26 Å². The van der Waals surface area contributed by atoms with Gasteiger partial charge in [0.25, 0.3) is 0 Å². The Labute approximate surface area is 667 Å². The first-order valence-electron chi connectivity index (χ1n) is 38.8. The quantitative estimate of drug-likeness (QED) is 0.107. The van der Waals surface area contributed by atoms with E-state index >= 15 is 0 Å². The Morgan fingerprint density at radius 3 is 0.828 bits per heavy atom. The van der Waals surface area contributed by atoms with E-state index in [4.69, 9.17) is 26.5 Å². The zero-order valence-corrected chi connectivity index (χ0v) is 62.4. The highest BCUT2D eigenvalue weighted by Gasteiger charge is 2.27. The lowest BCUT2D eigenvalue weighted by atomic mass is 9.97. The number of nitrogens with zero attached hydrogens (tertiary/aromatic N) is 10. The van der Waals surface area contributed by atoms with E-state index in [1.54, 1.807) is 0 Å². The second-order valence-corrected chi connectivity index (χ2v) is 29.4. The van der Waals surface area contributed by atoms with Gasteiger partial charge in [-0.05, 0) is 155 Å². The molecule has 0 aliphatic heterocycles. The first-order valence-corrected chi connectivity index (χ1v) is 38.8. The molecule has 0 spiro atoms. The van der Waals surface area contributed by atoms with Crippen molar-refractivity contribution in [3.8, 4) is 130 Å². The molecule has 6 heterocycles. The van der Waals surface area contributed by atoms with Crippen LogP contribution in [0.15, 0.2) is 388 Å². The molecule has 0 unspecified atom stereocenters. The molecule has 0 fully saturated rings. The fraction of sp³-hybridized carbons (Fsp3) is 0. The molecule has 22 rings (SSSR count). The minimum absolute atomic E-state index is 0.471. The van der Waals surface area contributed by atoms with Crippen molar-refractivity contribution < 1.29 is 0 Å². The van der Waals surface area contributed by atoms with Gasteiger partial charge in [-0.1, -0.05) is 261 Å². The molecule has 116 heavy (non-hydrogen) atoms. The minimum atomic E-state index is 0.471. The molecule has 0 saturated carbocycles. The van der Waals surface area contributed by atoms with E-state index in [1.807, 2.05) is 48.5 Å². The lowest BCUT2D eigenvalue weighted by Gasteiger charge is -2.19. The Bertz CT molecular complexity index is 7160. The van der Waals surface area contributed by atoms with E-state index in [2.05, 4.69) is 369 Å². The Balaban J connectivity index is 0.706. The summed E-state index contributed by atoms with van der Waals surface area (Å²) in [6, 6.07) is 139. The van der Waals surface area contributed by atoms with Crippen molar-refractivity contribution in [1.82, 2.24) is 38.2 Å². The highest BCUT2D eigenvalue weighted by atomic mass is 15.0. The first kappa shape index (κ1) is 66.8. The van der Waals surface area contributed by atoms with Gasteiger partial charge in [0.15, 0.2) is 17.3 Å². The standard InChI is InChI=1S/C106H64N10/c1-108-76-51-57-102(116-98-45-25-19-39-82(98)85-60-73(48-54-101(85)116)75-50-56-104(114-95-42-22-16-36-79(95)80-37-17-23-43-96(80)114)88(62-75)106-111-91(70-30-10-4-11-31-70)65-92(112-106)71-32-12-5-13-33-71)86(63-76)83-58-67(66-107)46-52-99(83)115-97-44-24-18-38-81(97)84-59-72(47-53-100(84)115)74-49-55-103(113-93-40-20-14-34-77(93)78-35-15-21-41-94(78)113)87(61-74)105-109-89(68-26-6-2-7-27-68)64-90(110-105)69-28-8-3-9-29-69/h2-65H. The number of rotatable bonds is 13. The number of nitriles is 1. The van der Waals surface area contributed by atoms with E-state index in [9.17, 15) is 5.26 Å². The summed E-state index contributed by atoms with van der Waals surface area (Å²) in [5, 5.41) is 19.8. The number of benzene rings is 16. The van der Waals surface area contributed by atoms with Crippen LogP contribution in [-0.2, 0) is 0 Å². The van der Waals surface area contributed by atoms with Crippen LogP contribution in [0.1, 0.15) is 5.56 Å². The number of hydrogen-bond acceptors (Lipinski definition) is 5. The summed E-state index contributed by atoms with van der Waals surface area (Å²) >= 11 is 0. The largest absolute Gasteiger partial charge is 0.309 e. The molecule has 0 saturated heterocycles. The summed E-state index contributed by atoms with van der Waals surface area (Å²) in [4.78, 5) is 26.1. The number of hydrogen-bond donors (Lipinski definition) is 0. The van der Waals surface area contributed by atoms with Crippen molar-refractivity contribution in [1.29, 1.82) is 5.26 Å². The maximum atomic E-state index is 11.0. The number of para-hydroxylation sites is 6. The summed E-state index contributed by atoms with van der Waals surface area (Å²) in [5.41, 5.74) is 27.4. The summed E-state index contributed by atoms with van der Waals surface area (Å²) in [7, 11) is 0. The van der Waals surface area contributed by atoms with Gasteiger partial charge < -0.3 is 18.3 Å². The van der Waals surface area contributed by atoms with Gasteiger partial charge in [0.1, 0.15) is 0 Å². The third kappa shape index (κ3) is 11.1. The molecule has 0 atom stereocenters. The summed E-state index contributed by atoms with van der Waals surface area (Å²) in [6.45, 7) is 8.60. The molecule has 0 amide bonds. The van der Waals surface area contributed by atoms with Crippen LogP contribution in [0, 0.1) is 17.9 Å². The SMILES string of the molecule is [C-]#[N+]c1ccc(-n2c3ccccc3c3cc(-c4ccc(-n5c6ccccc6c6ccccc65)c(-c5nc(-c6ccccc6)cc(-c6ccccc6)n5)c4)ccc32)c(-c2cc(C#N)ccc2-n2c3ccccc3c3cc(-c4ccc(-n5c6ccccc6c6ccccc65)c(-c5nc(-c6ccccc6)cc(-c6ccccc6)n5)c4)ccc32)c1. The molecule has 22 aromatic rings. The first-order chi connectivity index (χ1) is 57.4. The minimum Gasteiger partial charge on any atom is -0.309 e. The number of fused-ring (bicyclic) bond motifs is 12. The summed E-state index contributed by atoms with van der Waals surface area (Å²) < 4.78 is 9.38. The van der Waals surface area contributed by atoms with Crippen molar-refractivity contribution in [3.05, 3.63) is 405 Å². The zero-order valence-electron chi connectivity index (χ0n) is 62.4. The Morgan fingerprint density at radius 1 is 0.224 bits per heavy atom. The second-order valence-electron chi connectivity index (χ2n) is 29.4. The molecule has 16 aromatic carbocycles. The molecule has 0 bridgehead atoms. The van der Waals surface area contributed by atoms with Gasteiger partial charge >= 0.3 is 0 Å². The summed E-state index contributed by atoms with van der Waals surface area (Å²) in [6.07, 6.45) is 0. The molecule has 10 heteroatoms. The predicted molar refractivity (Wildman–Crippen MR) is 475 cm³/mol. The van der Waals surface area contributed by atoms with Crippen molar-refractivity contribution in [2.75, 3.05) is 0 Å². The molecular formula is C106H64N10. The van der Waals surface area contributed by atoms with Gasteiger partial charge in [0.05, 0.1) is 108 Å². The van der Waals surface area contributed by atoms with Crippen LogP contribution in [0.25, 0.3) is 216 Å². The third-order valence-electron chi connectivity index (χ3n) is 22.9. The lowest BCUT2D eigenvalue weighted by molar-refractivity contribution is 1.14. The summed E-state index contributed by atoms with van der Waals surface area (Å²) in [5.74, 6) is 1.20. The van der Waals surface area contributed by atoms with Crippen molar-refractivity contribution in [3.63, 3.8) is 0 Å². The molecular weight excluding hydrogens is 1410 g/mol. The Morgan fingerprint density at radius 2 is 0.491 bits per heavy atom. The van der Waals surface area contributed by atoms with Crippen molar-refractivity contribution >= 4 is 92.9 Å². The highest BCUT2D eigenvalue weighted by molar-refractivity contribution is 6.15. The smallest absolute Gasteiger partial charge is 0.188 e. The second kappa shape index (κ2) is 27.4. The third-order valence-corrected chi connectivity index (χ3v) is 22.9. The van der Waals surface area contributed by atoms with Gasteiger partial charge in [-0.25, -0.2) is 24.8 Å². The predicted octanol–water partition coefficient (Wildman–Crippen LogP) is 27.1. The highest BCUT2D eigenvalue weighted by Crippen LogP contribution is 2.47. The molecule has 0 aliphatic carbocycles. The van der Waals surface area contributed by atoms with E-state index in [0.717, 1.165) is 200 Å². The molecule has 0 aliphatic rings. The van der Waals surface area contributed by atoms with Gasteiger partial charge in [-0.3, -0.25) is 0 Å². The van der Waals surface area contributed by atoms with Gasteiger partial charge in [-0.15, -0.1) is 0 Å². The molecule has 538 valence electrons. The van der Waals surface area contributed by atoms with Crippen LogP contribution < -0.4 is 0 Å². The van der Waals surface area contributed by atoms with Crippen LogP contribution >= 0.6 is 0 Å². The van der Waals surface area contributed by atoms with Crippen LogP contribution in [0.3, 0.4) is 0 Å². The van der Waals surface area contributed by atoms with E-state index in [-0.39, 0.29) is 0 Å². The average molecular weight is 1480 g/mol. The fourth-order valence-electron chi connectivity index (χ4n) is 17.6. The fourth-order valence-corrected chi connectivity index (χ4v) is 17.6. The van der Waals surface area contributed by atoms with Gasteiger partial charge in [0, 0.05) is 82.0 Å². The molecule has 0 N–H and O–H groups in total. The van der Waals surface area contributed by atoms with E-state index in [1.165, 1.54) is 0 Å². The Kier molecular flexibility index (Phi) is 15.8. The maximum absolute atomic E-state index is 11.0. The molecule has 10 nitrogen and oxygen atoms in total. The lowest BCUT2D eigenvalue weighted by Crippen LogP contribution is -2.02. The average Bonchev–Trinajstić information content (AvgIpc) is 1.56. The van der Waals surface area contributed by atoms with Gasteiger partial charge in [0.2, 0.25) is 0 Å². The van der Waals surface area contributed by atoms with Crippen LogP contribution in [0.5, 0.6) is 0 Å². The van der Waals surface area contributed by atoms with Crippen molar-refractivity contribution in [2.24, 2.45) is 0 Å².